The van der Waals surface area contributed by atoms with Crippen LogP contribution >= 0.6 is 0 Å². The summed E-state index contributed by atoms with van der Waals surface area (Å²) in [6.07, 6.45) is 1.61. The van der Waals surface area contributed by atoms with E-state index in [4.69, 9.17) is 10.5 Å². The molecule has 0 spiro atoms. The lowest BCUT2D eigenvalue weighted by Gasteiger charge is -2.14. The first-order valence-electron chi connectivity index (χ1n) is 6.82. The Morgan fingerprint density at radius 2 is 2.05 bits per heavy atom. The van der Waals surface area contributed by atoms with Gasteiger partial charge in [0.15, 0.2) is 0 Å². The number of carbonyl (C=O) groups excluding carboxylic acids is 1. The van der Waals surface area contributed by atoms with Gasteiger partial charge < -0.3 is 15.8 Å². The van der Waals surface area contributed by atoms with E-state index in [1.807, 2.05) is 38.1 Å². The number of nitrogens with one attached hydrogen (secondary N) is 1. The Labute approximate surface area is 124 Å². The molecule has 0 saturated carbocycles. The van der Waals surface area contributed by atoms with Crippen LogP contribution in [0.5, 0.6) is 5.88 Å². The number of hydrogen-bond donors (Lipinski definition) is 2. The van der Waals surface area contributed by atoms with Gasteiger partial charge in [0.25, 0.3) is 0 Å². The van der Waals surface area contributed by atoms with Gasteiger partial charge >= 0.3 is 0 Å². The van der Waals surface area contributed by atoms with Gasteiger partial charge in [-0.2, -0.15) is 0 Å². The molecule has 0 aliphatic heterocycles. The van der Waals surface area contributed by atoms with Gasteiger partial charge in [-0.05, 0) is 31.5 Å². The van der Waals surface area contributed by atoms with Gasteiger partial charge in [-0.3, -0.25) is 4.79 Å². The molecule has 3 N–H and O–H groups in total. The number of nitrogens with two attached hydrogens (primary N) is 1. The van der Waals surface area contributed by atoms with Gasteiger partial charge in [0.05, 0.1) is 6.61 Å². The molecule has 5 nitrogen and oxygen atoms in total. The molecule has 21 heavy (non-hydrogen) atoms. The molecular formula is C16H19N3O2. The lowest BCUT2D eigenvalue weighted by Crippen LogP contribution is -2.28. The monoisotopic (exact) mass is 285 g/mol. The highest BCUT2D eigenvalue weighted by molar-refractivity contribution is 5.96. The minimum absolute atomic E-state index is 0.298. The van der Waals surface area contributed by atoms with Crippen molar-refractivity contribution in [3.63, 3.8) is 0 Å². The summed E-state index contributed by atoms with van der Waals surface area (Å²) in [6.45, 7) is 4.32. The third-order valence-electron chi connectivity index (χ3n) is 3.03. The third kappa shape index (κ3) is 3.79. The highest BCUT2D eigenvalue weighted by Crippen LogP contribution is 2.22. The Balaban J connectivity index is 2.12. The van der Waals surface area contributed by atoms with Crippen molar-refractivity contribution in [2.75, 3.05) is 11.9 Å². The Hall–Kier alpha value is -2.40. The summed E-state index contributed by atoms with van der Waals surface area (Å²) < 4.78 is 5.37. The van der Waals surface area contributed by atoms with E-state index < -0.39 is 6.04 Å². The number of carbonyl (C=O) groups is 1. The fourth-order valence-corrected chi connectivity index (χ4v) is 1.87. The van der Waals surface area contributed by atoms with Crippen LogP contribution in [0.4, 0.5) is 5.69 Å². The molecule has 2 rings (SSSR count). The average molecular weight is 285 g/mol. The molecule has 1 aromatic carbocycles. The van der Waals surface area contributed by atoms with Crippen molar-refractivity contribution in [3.8, 4) is 5.88 Å². The minimum atomic E-state index is -0.736. The molecule has 0 bridgehead atoms. The zero-order chi connectivity index (χ0) is 15.2. The predicted molar refractivity (Wildman–Crippen MR) is 82.1 cm³/mol. The molecular weight excluding hydrogens is 266 g/mol. The number of aromatic nitrogens is 1. The first kappa shape index (κ1) is 15.0. The molecule has 0 saturated heterocycles. The number of nitrogens with zero attached hydrogens (tertiary/aromatic N) is 1. The van der Waals surface area contributed by atoms with Crippen molar-refractivity contribution < 1.29 is 9.53 Å². The highest BCUT2D eigenvalue weighted by Gasteiger charge is 2.17. The van der Waals surface area contributed by atoms with Crippen molar-refractivity contribution in [2.45, 2.75) is 19.9 Å². The Morgan fingerprint density at radius 3 is 2.71 bits per heavy atom. The fourth-order valence-electron chi connectivity index (χ4n) is 1.87. The molecule has 2 aromatic rings. The molecule has 110 valence electrons. The molecule has 1 unspecified atom stereocenters. The average Bonchev–Trinajstić information content (AvgIpc) is 2.49. The smallest absolute Gasteiger partial charge is 0.246 e. The molecule has 1 heterocycles. The first-order chi connectivity index (χ1) is 10.1. The van der Waals surface area contributed by atoms with Crippen LogP contribution < -0.4 is 15.8 Å². The van der Waals surface area contributed by atoms with E-state index in [1.54, 1.807) is 18.3 Å². The van der Waals surface area contributed by atoms with Gasteiger partial charge in [-0.15, -0.1) is 0 Å². The second-order valence-corrected chi connectivity index (χ2v) is 4.67. The largest absolute Gasteiger partial charge is 0.476 e. The van der Waals surface area contributed by atoms with E-state index in [9.17, 15) is 4.79 Å². The zero-order valence-electron chi connectivity index (χ0n) is 12.2. The van der Waals surface area contributed by atoms with Crippen molar-refractivity contribution in [2.24, 2.45) is 5.73 Å². The molecule has 0 aliphatic carbocycles. The first-order valence-corrected chi connectivity index (χ1v) is 6.82. The quantitative estimate of drug-likeness (QED) is 0.884. The van der Waals surface area contributed by atoms with Crippen LogP contribution in [0, 0.1) is 6.92 Å². The highest BCUT2D eigenvalue weighted by atomic mass is 16.5. The summed E-state index contributed by atoms with van der Waals surface area (Å²) >= 11 is 0. The van der Waals surface area contributed by atoms with Crippen molar-refractivity contribution in [3.05, 3.63) is 53.7 Å². The summed E-state index contributed by atoms with van der Waals surface area (Å²) in [5.41, 5.74) is 8.39. The summed E-state index contributed by atoms with van der Waals surface area (Å²) in [5, 5.41) is 2.76. The molecule has 0 aliphatic rings. The van der Waals surface area contributed by atoms with E-state index in [-0.39, 0.29) is 5.91 Å². The normalized spacial score (nSPS) is 11.8. The van der Waals surface area contributed by atoms with Crippen LogP contribution in [0.15, 0.2) is 42.6 Å². The number of hydrogen-bond acceptors (Lipinski definition) is 4. The number of rotatable bonds is 5. The second-order valence-electron chi connectivity index (χ2n) is 4.67. The second kappa shape index (κ2) is 6.85. The van der Waals surface area contributed by atoms with E-state index in [0.29, 0.717) is 18.2 Å². The summed E-state index contributed by atoms with van der Waals surface area (Å²) in [5.74, 6) is 0.0947. The van der Waals surface area contributed by atoms with Crippen LogP contribution in [0.2, 0.25) is 0 Å². The molecule has 1 aromatic heterocycles. The van der Waals surface area contributed by atoms with Crippen LogP contribution in [0.1, 0.15) is 24.1 Å². The van der Waals surface area contributed by atoms with E-state index in [2.05, 4.69) is 10.3 Å². The van der Waals surface area contributed by atoms with E-state index in [0.717, 1.165) is 11.1 Å². The molecule has 0 radical (unpaired) electrons. The van der Waals surface area contributed by atoms with Gasteiger partial charge in [0.1, 0.15) is 11.7 Å². The molecule has 1 amide bonds. The van der Waals surface area contributed by atoms with Crippen molar-refractivity contribution >= 4 is 11.6 Å². The maximum Gasteiger partial charge on any atom is 0.246 e. The Bertz CT molecular complexity index is 611. The zero-order valence-corrected chi connectivity index (χ0v) is 12.2. The van der Waals surface area contributed by atoms with Crippen LogP contribution in [0.3, 0.4) is 0 Å². The van der Waals surface area contributed by atoms with Crippen molar-refractivity contribution in [1.29, 1.82) is 0 Å². The predicted octanol–water partition coefficient (Wildman–Crippen LogP) is 2.43. The van der Waals surface area contributed by atoms with Gasteiger partial charge in [-0.1, -0.05) is 29.8 Å². The number of benzene rings is 1. The van der Waals surface area contributed by atoms with Crippen LogP contribution in [-0.4, -0.2) is 17.5 Å². The van der Waals surface area contributed by atoms with Gasteiger partial charge in [0, 0.05) is 6.20 Å². The molecule has 1 atom stereocenters. The maximum absolute atomic E-state index is 12.2. The topological polar surface area (TPSA) is 77.2 Å². The summed E-state index contributed by atoms with van der Waals surface area (Å²) in [7, 11) is 0. The van der Waals surface area contributed by atoms with Crippen molar-refractivity contribution in [1.82, 2.24) is 4.98 Å². The number of amides is 1. The molecule has 5 heteroatoms. The lowest BCUT2D eigenvalue weighted by molar-refractivity contribution is -0.117. The van der Waals surface area contributed by atoms with Gasteiger partial charge in [-0.25, -0.2) is 4.98 Å². The SMILES string of the molecule is CCOc1ncccc1NC(=O)C(N)c1ccc(C)cc1. The number of pyridine rings is 1. The van der Waals surface area contributed by atoms with Crippen LogP contribution in [-0.2, 0) is 4.79 Å². The number of aryl methyl sites for hydroxylation is 1. The number of ether oxygens (including phenoxy) is 1. The third-order valence-corrected chi connectivity index (χ3v) is 3.03. The molecule has 0 fully saturated rings. The van der Waals surface area contributed by atoms with Crippen LogP contribution in [0.25, 0.3) is 0 Å². The standard InChI is InChI=1S/C16H19N3O2/c1-3-21-16-13(5-4-10-18-16)19-15(20)14(17)12-8-6-11(2)7-9-12/h4-10,14H,3,17H2,1-2H3,(H,19,20). The van der Waals surface area contributed by atoms with E-state index in [1.165, 1.54) is 0 Å². The maximum atomic E-state index is 12.2. The lowest BCUT2D eigenvalue weighted by atomic mass is 10.1. The minimum Gasteiger partial charge on any atom is -0.476 e. The Morgan fingerprint density at radius 1 is 1.33 bits per heavy atom. The summed E-state index contributed by atoms with van der Waals surface area (Å²) in [4.78, 5) is 16.3. The Kier molecular flexibility index (Phi) is 4.90. The van der Waals surface area contributed by atoms with Gasteiger partial charge in [0.2, 0.25) is 11.8 Å². The van der Waals surface area contributed by atoms with E-state index >= 15 is 0 Å². The fraction of sp³-hybridized carbons (Fsp3) is 0.250. The number of anilines is 1. The summed E-state index contributed by atoms with van der Waals surface area (Å²) in [6, 6.07) is 10.3.